The molecule has 0 fully saturated rings. The van der Waals surface area contributed by atoms with E-state index in [0.717, 1.165) is 28.2 Å². The first-order valence-corrected chi connectivity index (χ1v) is 10.8. The molecule has 5 rings (SSSR count). The molecule has 0 aliphatic carbocycles. The van der Waals surface area contributed by atoms with Crippen molar-refractivity contribution >= 4 is 41.6 Å². The normalized spacial score (nSPS) is 12.0. The second kappa shape index (κ2) is 9.64. The van der Waals surface area contributed by atoms with E-state index in [2.05, 4.69) is 25.4 Å². The summed E-state index contributed by atoms with van der Waals surface area (Å²) in [6.07, 6.45) is 7.30. The molecule has 0 aliphatic heterocycles. The molecule has 5 aromatic rings. The highest BCUT2D eigenvalue weighted by Crippen LogP contribution is 2.26. The molecular formula is C25H25FN6OS. The highest BCUT2D eigenvalue weighted by Gasteiger charge is 2.21. The van der Waals surface area contributed by atoms with Gasteiger partial charge >= 0.3 is 0 Å². The third kappa shape index (κ3) is 4.38. The Morgan fingerprint density at radius 3 is 2.82 bits per heavy atom. The predicted molar refractivity (Wildman–Crippen MR) is 136 cm³/mol. The zero-order valence-electron chi connectivity index (χ0n) is 18.8. The van der Waals surface area contributed by atoms with Crippen LogP contribution in [-0.2, 0) is 11.2 Å². The highest BCUT2D eigenvalue weighted by molar-refractivity contribution is 7.59. The maximum Gasteiger partial charge on any atom is 0.160 e. The molecule has 0 saturated carbocycles. The fourth-order valence-corrected chi connectivity index (χ4v) is 4.07. The molecule has 1 aromatic carbocycles. The zero-order chi connectivity index (χ0) is 22.9. The lowest BCUT2D eigenvalue weighted by Gasteiger charge is -2.19. The largest absolute Gasteiger partial charge is 0.361 e. The van der Waals surface area contributed by atoms with Crippen molar-refractivity contribution in [2.24, 2.45) is 0 Å². The zero-order valence-corrected chi connectivity index (χ0v) is 19.8. The average molecular weight is 477 g/mol. The topological polar surface area (TPSA) is 88.0 Å². The summed E-state index contributed by atoms with van der Waals surface area (Å²) in [5.74, 6) is 0.259. The number of para-hydroxylation sites is 1. The van der Waals surface area contributed by atoms with Crippen LogP contribution in [0.15, 0.2) is 61.2 Å². The number of Topliss-reactive ketones (excluding diaryl/α,β-unsaturated/α-hetero) is 1. The first-order valence-electron chi connectivity index (χ1n) is 10.8. The molecule has 0 saturated heterocycles. The molecule has 2 N–H and O–H groups in total. The molecule has 7 nitrogen and oxygen atoms in total. The number of aromatic amines is 1. The summed E-state index contributed by atoms with van der Waals surface area (Å²) in [4.78, 5) is 24.8. The minimum Gasteiger partial charge on any atom is -0.361 e. The molecule has 0 spiro atoms. The van der Waals surface area contributed by atoms with Gasteiger partial charge < -0.3 is 10.3 Å². The van der Waals surface area contributed by atoms with Crippen LogP contribution < -0.4 is 5.32 Å². The summed E-state index contributed by atoms with van der Waals surface area (Å²) < 4.78 is 15.5. The molecule has 0 radical (unpaired) electrons. The first-order chi connectivity index (χ1) is 16.0. The number of benzene rings is 1. The number of aromatic nitrogens is 5. The van der Waals surface area contributed by atoms with E-state index in [1.807, 2.05) is 44.3 Å². The Kier molecular flexibility index (Phi) is 6.65. The Balaban J connectivity index is 0.00000274. The fourth-order valence-electron chi connectivity index (χ4n) is 4.07. The van der Waals surface area contributed by atoms with Gasteiger partial charge in [-0.25, -0.2) is 9.37 Å². The van der Waals surface area contributed by atoms with Gasteiger partial charge in [-0.1, -0.05) is 25.1 Å². The monoisotopic (exact) mass is 476 g/mol. The smallest absolute Gasteiger partial charge is 0.160 e. The van der Waals surface area contributed by atoms with E-state index in [9.17, 15) is 9.18 Å². The van der Waals surface area contributed by atoms with Gasteiger partial charge in [0.25, 0.3) is 0 Å². The van der Waals surface area contributed by atoms with Crippen LogP contribution in [0.1, 0.15) is 24.5 Å². The van der Waals surface area contributed by atoms with Crippen LogP contribution in [0.5, 0.6) is 0 Å². The maximum atomic E-state index is 13.8. The van der Waals surface area contributed by atoms with Crippen LogP contribution in [0.4, 0.5) is 10.2 Å². The number of nitrogens with one attached hydrogen (secondary N) is 2. The molecule has 1 atom stereocenters. The Labute approximate surface area is 202 Å². The van der Waals surface area contributed by atoms with Crippen LogP contribution in [0.3, 0.4) is 0 Å². The summed E-state index contributed by atoms with van der Waals surface area (Å²) in [5.41, 5.74) is 4.70. The number of hydrogen-bond acceptors (Lipinski definition) is 5. The number of carbonyl (C=O) groups is 1. The van der Waals surface area contributed by atoms with Gasteiger partial charge in [-0.3, -0.25) is 9.78 Å². The molecule has 0 aliphatic rings. The van der Waals surface area contributed by atoms with Crippen molar-refractivity contribution < 1.29 is 9.18 Å². The Hall–Kier alpha value is -3.72. The molecule has 9 heteroatoms. The van der Waals surface area contributed by atoms with Gasteiger partial charge in [-0.05, 0) is 24.6 Å². The van der Waals surface area contributed by atoms with Crippen LogP contribution in [-0.4, -0.2) is 36.4 Å². The average Bonchev–Trinajstić information content (AvgIpc) is 3.42. The van der Waals surface area contributed by atoms with Crippen LogP contribution >= 0.6 is 13.5 Å². The second-order valence-electron chi connectivity index (χ2n) is 8.06. The van der Waals surface area contributed by atoms with E-state index in [4.69, 9.17) is 0 Å². The van der Waals surface area contributed by atoms with Gasteiger partial charge in [0.05, 0.1) is 24.1 Å². The van der Waals surface area contributed by atoms with Crippen molar-refractivity contribution in [2.75, 3.05) is 5.32 Å². The van der Waals surface area contributed by atoms with Crippen LogP contribution in [0.25, 0.3) is 27.8 Å². The minimum atomic E-state index is -0.470. The molecule has 34 heavy (non-hydrogen) atoms. The van der Waals surface area contributed by atoms with E-state index < -0.39 is 11.9 Å². The number of nitrogens with zero attached hydrogens (tertiary/aromatic N) is 4. The van der Waals surface area contributed by atoms with Crippen molar-refractivity contribution in [2.45, 2.75) is 32.7 Å². The van der Waals surface area contributed by atoms with Gasteiger partial charge in [0.1, 0.15) is 11.6 Å². The Morgan fingerprint density at radius 1 is 1.21 bits per heavy atom. The SMILES string of the molecule is CCC(=O)C(Cc1c[nH]c2ccccc12)Nc1cc(-c2cncc(F)c2)nc2c(C)cnn12.S. The molecule has 4 aromatic heterocycles. The Bertz CT molecular complexity index is 1480. The molecule has 0 bridgehead atoms. The van der Waals surface area contributed by atoms with Gasteiger partial charge in [-0.15, -0.1) is 0 Å². The molecule has 4 heterocycles. The molecular weight excluding hydrogens is 451 g/mol. The number of carbonyl (C=O) groups excluding carboxylic acids is 1. The number of aryl methyl sites for hydroxylation is 1. The lowest BCUT2D eigenvalue weighted by Crippen LogP contribution is -2.32. The maximum absolute atomic E-state index is 13.8. The summed E-state index contributed by atoms with van der Waals surface area (Å²) in [5, 5.41) is 8.93. The third-order valence-corrected chi connectivity index (χ3v) is 5.81. The lowest BCUT2D eigenvalue weighted by atomic mass is 10.0. The number of fused-ring (bicyclic) bond motifs is 2. The standard InChI is InChI=1S/C25H23FN6O.H2S/c1-3-23(33)22(9-16-13-28-20-7-5-4-6-19(16)20)30-24-10-21(17-8-18(26)14-27-12-17)31-25-15(2)11-29-32(24)25;/h4-8,10-14,22,28,30H,3,9H2,1-2H3;1H2. The highest BCUT2D eigenvalue weighted by atomic mass is 32.1. The van der Waals surface area contributed by atoms with Crippen molar-refractivity contribution in [3.63, 3.8) is 0 Å². The fraction of sp³-hybridized carbons (Fsp3) is 0.200. The molecule has 0 amide bonds. The second-order valence-corrected chi connectivity index (χ2v) is 8.06. The minimum absolute atomic E-state index is 0. The van der Waals surface area contributed by atoms with Crippen molar-refractivity contribution in [1.82, 2.24) is 24.6 Å². The van der Waals surface area contributed by atoms with Crippen molar-refractivity contribution in [3.8, 4) is 11.3 Å². The van der Waals surface area contributed by atoms with E-state index in [-0.39, 0.29) is 19.3 Å². The Morgan fingerprint density at radius 2 is 2.03 bits per heavy atom. The quantitative estimate of drug-likeness (QED) is 0.351. The first kappa shape index (κ1) is 23.4. The van der Waals surface area contributed by atoms with Gasteiger partial charge in [-0.2, -0.15) is 23.1 Å². The van der Waals surface area contributed by atoms with Gasteiger partial charge in [0, 0.05) is 53.3 Å². The number of halogens is 1. The number of ketones is 1. The van der Waals surface area contributed by atoms with Crippen LogP contribution in [0.2, 0.25) is 0 Å². The molecule has 1 unspecified atom stereocenters. The van der Waals surface area contributed by atoms with Crippen molar-refractivity contribution in [1.29, 1.82) is 0 Å². The summed E-state index contributed by atoms with van der Waals surface area (Å²) in [7, 11) is 0. The predicted octanol–water partition coefficient (Wildman–Crippen LogP) is 4.84. The number of H-pyrrole nitrogens is 1. The van der Waals surface area contributed by atoms with Gasteiger partial charge in [0.2, 0.25) is 0 Å². The van der Waals surface area contributed by atoms with E-state index in [0.29, 0.717) is 35.6 Å². The number of pyridine rings is 1. The number of anilines is 1. The number of hydrogen-bond donors (Lipinski definition) is 2. The summed E-state index contributed by atoms with van der Waals surface area (Å²) in [6.45, 7) is 3.77. The molecule has 174 valence electrons. The summed E-state index contributed by atoms with van der Waals surface area (Å²) in [6, 6.07) is 10.7. The lowest BCUT2D eigenvalue weighted by molar-refractivity contribution is -0.119. The van der Waals surface area contributed by atoms with Gasteiger partial charge in [0.15, 0.2) is 11.4 Å². The summed E-state index contributed by atoms with van der Waals surface area (Å²) >= 11 is 0. The van der Waals surface area contributed by atoms with Crippen LogP contribution in [0, 0.1) is 12.7 Å². The van der Waals surface area contributed by atoms with E-state index in [1.165, 1.54) is 6.07 Å². The van der Waals surface area contributed by atoms with E-state index >= 15 is 0 Å². The number of rotatable bonds is 7. The van der Waals surface area contributed by atoms with E-state index in [1.54, 1.807) is 23.0 Å². The third-order valence-electron chi connectivity index (χ3n) is 5.81. The van der Waals surface area contributed by atoms with Crippen molar-refractivity contribution in [3.05, 3.63) is 78.1 Å².